The number of benzene rings is 1. The second kappa shape index (κ2) is 8.26. The molecule has 2 fully saturated rings. The lowest BCUT2D eigenvalue weighted by atomic mass is 10.0. The van der Waals surface area contributed by atoms with Crippen molar-refractivity contribution in [1.29, 1.82) is 0 Å². The van der Waals surface area contributed by atoms with Crippen molar-refractivity contribution < 1.29 is 13.2 Å². The number of piperidine rings is 1. The quantitative estimate of drug-likeness (QED) is 0.821. The molecule has 0 aliphatic carbocycles. The van der Waals surface area contributed by atoms with Crippen LogP contribution < -0.4 is 14.9 Å². The van der Waals surface area contributed by atoms with Crippen LogP contribution in [0.3, 0.4) is 0 Å². The van der Waals surface area contributed by atoms with E-state index in [1.807, 2.05) is 24.3 Å². The lowest BCUT2D eigenvalue weighted by molar-refractivity contribution is 0.164. The van der Waals surface area contributed by atoms with E-state index in [4.69, 9.17) is 0 Å². The fourth-order valence-corrected chi connectivity index (χ4v) is 4.22. The molecular formula is C18H28N4O3S. The first-order valence-electron chi connectivity index (χ1n) is 9.30. The van der Waals surface area contributed by atoms with E-state index in [0.29, 0.717) is 6.54 Å². The Bertz CT molecular complexity index is 732. The number of amides is 2. The van der Waals surface area contributed by atoms with Gasteiger partial charge >= 0.3 is 6.03 Å². The summed E-state index contributed by atoms with van der Waals surface area (Å²) in [4.78, 5) is 17.0. The van der Waals surface area contributed by atoms with Crippen molar-refractivity contribution in [2.75, 3.05) is 42.7 Å². The summed E-state index contributed by atoms with van der Waals surface area (Å²) < 4.78 is 25.3. The number of para-hydroxylation sites is 2. The molecule has 0 aromatic heterocycles. The Morgan fingerprint density at radius 2 is 1.81 bits per heavy atom. The SMILES string of the molecule is CS(=O)(=O)NCC1CCCCN1C(=O)Nc1ccccc1N1CCCC1. The number of carbonyl (C=O) groups excluding carboxylic acids is 1. The lowest BCUT2D eigenvalue weighted by Crippen LogP contribution is -2.50. The largest absolute Gasteiger partial charge is 0.370 e. The molecule has 0 saturated carbocycles. The Balaban J connectivity index is 1.70. The predicted octanol–water partition coefficient (Wildman–Crippen LogP) is 2.22. The van der Waals surface area contributed by atoms with Crippen LogP contribution in [-0.4, -0.2) is 57.8 Å². The van der Waals surface area contributed by atoms with E-state index >= 15 is 0 Å². The molecule has 1 aromatic carbocycles. The molecule has 8 heteroatoms. The molecule has 1 unspecified atom stereocenters. The zero-order chi connectivity index (χ0) is 18.6. The van der Waals surface area contributed by atoms with Gasteiger partial charge in [-0.3, -0.25) is 0 Å². The Kier molecular flexibility index (Phi) is 6.03. The third-order valence-corrected chi connectivity index (χ3v) is 5.75. The molecule has 2 heterocycles. The van der Waals surface area contributed by atoms with Crippen LogP contribution >= 0.6 is 0 Å². The number of likely N-dealkylation sites (tertiary alicyclic amines) is 1. The minimum Gasteiger partial charge on any atom is -0.370 e. The number of hydrogen-bond acceptors (Lipinski definition) is 4. The van der Waals surface area contributed by atoms with Crippen LogP contribution in [0.25, 0.3) is 0 Å². The molecule has 1 atom stereocenters. The minimum atomic E-state index is -3.26. The third kappa shape index (κ3) is 4.88. The molecule has 0 bridgehead atoms. The molecule has 7 nitrogen and oxygen atoms in total. The molecule has 2 aliphatic heterocycles. The Labute approximate surface area is 155 Å². The second-order valence-electron chi connectivity index (χ2n) is 7.11. The first-order valence-corrected chi connectivity index (χ1v) is 11.2. The number of anilines is 2. The van der Waals surface area contributed by atoms with Crippen molar-refractivity contribution in [2.24, 2.45) is 0 Å². The molecule has 2 amide bonds. The summed E-state index contributed by atoms with van der Waals surface area (Å²) in [5.74, 6) is 0. The Hall–Kier alpha value is -1.80. The summed E-state index contributed by atoms with van der Waals surface area (Å²) in [7, 11) is -3.26. The number of hydrogen-bond donors (Lipinski definition) is 2. The number of carbonyl (C=O) groups is 1. The van der Waals surface area contributed by atoms with Gasteiger partial charge in [-0.25, -0.2) is 17.9 Å². The van der Waals surface area contributed by atoms with Gasteiger partial charge in [-0.2, -0.15) is 0 Å². The van der Waals surface area contributed by atoms with Gasteiger partial charge in [0.2, 0.25) is 10.0 Å². The predicted molar refractivity (Wildman–Crippen MR) is 104 cm³/mol. The van der Waals surface area contributed by atoms with Gasteiger partial charge in [-0.15, -0.1) is 0 Å². The second-order valence-corrected chi connectivity index (χ2v) is 8.94. The van der Waals surface area contributed by atoms with Crippen LogP contribution in [0.1, 0.15) is 32.1 Å². The van der Waals surface area contributed by atoms with Gasteiger partial charge in [0.15, 0.2) is 0 Å². The van der Waals surface area contributed by atoms with E-state index in [1.54, 1.807) is 4.90 Å². The topological polar surface area (TPSA) is 81.8 Å². The van der Waals surface area contributed by atoms with E-state index in [-0.39, 0.29) is 18.6 Å². The molecule has 2 N–H and O–H groups in total. The summed E-state index contributed by atoms with van der Waals surface area (Å²) in [6, 6.07) is 7.62. The average molecular weight is 381 g/mol. The third-order valence-electron chi connectivity index (χ3n) is 5.06. The van der Waals surface area contributed by atoms with E-state index in [2.05, 4.69) is 14.9 Å². The van der Waals surface area contributed by atoms with Crippen molar-refractivity contribution in [3.8, 4) is 0 Å². The van der Waals surface area contributed by atoms with Gasteiger partial charge in [0.1, 0.15) is 0 Å². The van der Waals surface area contributed by atoms with Crippen LogP contribution in [0.2, 0.25) is 0 Å². The number of nitrogens with one attached hydrogen (secondary N) is 2. The van der Waals surface area contributed by atoms with Crippen molar-refractivity contribution in [3.63, 3.8) is 0 Å². The highest BCUT2D eigenvalue weighted by molar-refractivity contribution is 7.88. The fraction of sp³-hybridized carbons (Fsp3) is 0.611. The highest BCUT2D eigenvalue weighted by atomic mass is 32.2. The van der Waals surface area contributed by atoms with Gasteiger partial charge in [0.25, 0.3) is 0 Å². The van der Waals surface area contributed by atoms with Crippen LogP contribution in [0, 0.1) is 0 Å². The molecule has 2 saturated heterocycles. The van der Waals surface area contributed by atoms with E-state index in [0.717, 1.165) is 50.0 Å². The van der Waals surface area contributed by atoms with Gasteiger partial charge in [0, 0.05) is 32.2 Å². The van der Waals surface area contributed by atoms with Crippen LogP contribution in [0.15, 0.2) is 24.3 Å². The fourth-order valence-electron chi connectivity index (χ4n) is 3.73. The van der Waals surface area contributed by atoms with Gasteiger partial charge in [-0.1, -0.05) is 12.1 Å². The van der Waals surface area contributed by atoms with Crippen LogP contribution in [0.5, 0.6) is 0 Å². The number of urea groups is 1. The smallest absolute Gasteiger partial charge is 0.322 e. The zero-order valence-electron chi connectivity index (χ0n) is 15.3. The molecule has 2 aliphatic rings. The highest BCUT2D eigenvalue weighted by Crippen LogP contribution is 2.29. The van der Waals surface area contributed by atoms with E-state index in [1.165, 1.54) is 12.8 Å². The highest BCUT2D eigenvalue weighted by Gasteiger charge is 2.28. The molecule has 3 rings (SSSR count). The maximum absolute atomic E-state index is 12.9. The molecule has 26 heavy (non-hydrogen) atoms. The Morgan fingerprint density at radius 3 is 2.54 bits per heavy atom. The van der Waals surface area contributed by atoms with E-state index in [9.17, 15) is 13.2 Å². The van der Waals surface area contributed by atoms with Crippen molar-refractivity contribution in [3.05, 3.63) is 24.3 Å². The molecule has 0 radical (unpaired) electrons. The molecule has 144 valence electrons. The van der Waals surface area contributed by atoms with Gasteiger partial charge in [0.05, 0.1) is 17.6 Å². The van der Waals surface area contributed by atoms with Crippen LogP contribution in [0.4, 0.5) is 16.2 Å². The maximum atomic E-state index is 12.9. The van der Waals surface area contributed by atoms with Crippen molar-refractivity contribution in [2.45, 2.75) is 38.1 Å². The van der Waals surface area contributed by atoms with Gasteiger partial charge < -0.3 is 15.1 Å². The van der Waals surface area contributed by atoms with Crippen LogP contribution in [-0.2, 0) is 10.0 Å². The summed E-state index contributed by atoms with van der Waals surface area (Å²) in [6.07, 6.45) is 6.25. The van der Waals surface area contributed by atoms with E-state index < -0.39 is 10.0 Å². The van der Waals surface area contributed by atoms with Gasteiger partial charge in [-0.05, 0) is 44.2 Å². The monoisotopic (exact) mass is 380 g/mol. The van der Waals surface area contributed by atoms with Crippen molar-refractivity contribution >= 4 is 27.4 Å². The summed E-state index contributed by atoms with van der Waals surface area (Å²) in [5, 5.41) is 3.05. The number of nitrogens with zero attached hydrogens (tertiary/aromatic N) is 2. The summed E-state index contributed by atoms with van der Waals surface area (Å²) in [5.41, 5.74) is 1.88. The summed E-state index contributed by atoms with van der Waals surface area (Å²) >= 11 is 0. The standard InChI is InChI=1S/C18H28N4O3S/c1-26(24,25)19-14-15-8-4-5-13-22(15)18(23)20-16-9-2-3-10-17(16)21-11-6-7-12-21/h2-3,9-10,15,19H,4-8,11-14H2,1H3,(H,20,23). The van der Waals surface area contributed by atoms with Crippen molar-refractivity contribution in [1.82, 2.24) is 9.62 Å². The molecular weight excluding hydrogens is 352 g/mol. The first-order chi connectivity index (χ1) is 12.4. The number of sulfonamides is 1. The normalized spacial score (nSPS) is 21.0. The molecule has 0 spiro atoms. The minimum absolute atomic E-state index is 0.113. The maximum Gasteiger partial charge on any atom is 0.322 e. The molecule has 1 aromatic rings. The first kappa shape index (κ1) is 19.0. The lowest BCUT2D eigenvalue weighted by Gasteiger charge is -2.36. The number of rotatable bonds is 5. The Morgan fingerprint density at radius 1 is 1.12 bits per heavy atom. The average Bonchev–Trinajstić information content (AvgIpc) is 3.14. The zero-order valence-corrected chi connectivity index (χ0v) is 16.1. The summed E-state index contributed by atoms with van der Waals surface area (Å²) in [6.45, 7) is 2.93.